The molecule has 1 saturated heterocycles. The number of halogens is 3. The Balaban J connectivity index is 1.44. The van der Waals surface area contributed by atoms with Gasteiger partial charge in [0.25, 0.3) is 5.91 Å². The first-order chi connectivity index (χ1) is 16.7. The fourth-order valence-electron chi connectivity index (χ4n) is 4.59. The molecular formula is C27H29F3N2O2S. The maximum Gasteiger partial charge on any atom is 0.416 e. The van der Waals surface area contributed by atoms with E-state index in [2.05, 4.69) is 5.32 Å². The van der Waals surface area contributed by atoms with Crippen molar-refractivity contribution in [1.82, 2.24) is 10.2 Å². The van der Waals surface area contributed by atoms with Crippen LogP contribution in [0.3, 0.4) is 0 Å². The predicted molar refractivity (Wildman–Crippen MR) is 133 cm³/mol. The summed E-state index contributed by atoms with van der Waals surface area (Å²) in [5.41, 5.74) is 2.13. The fourth-order valence-corrected chi connectivity index (χ4v) is 6.07. The van der Waals surface area contributed by atoms with Crippen molar-refractivity contribution in [3.8, 4) is 0 Å². The monoisotopic (exact) mass is 502 g/mol. The number of carbonyl (C=O) groups excluding carboxylic acids is 2. The van der Waals surface area contributed by atoms with Crippen molar-refractivity contribution < 1.29 is 22.8 Å². The molecule has 4 rings (SSSR count). The Labute approximate surface area is 208 Å². The first-order valence-electron chi connectivity index (χ1n) is 11.9. The maximum atomic E-state index is 13.4. The van der Waals surface area contributed by atoms with Gasteiger partial charge in [0, 0.05) is 17.8 Å². The van der Waals surface area contributed by atoms with E-state index in [0.717, 1.165) is 43.4 Å². The normalized spacial score (nSPS) is 21.7. The Morgan fingerprint density at radius 2 is 1.77 bits per heavy atom. The van der Waals surface area contributed by atoms with Crippen molar-refractivity contribution in [3.63, 3.8) is 0 Å². The standard InChI is InChI=1S/C27H29F3N2O2S/c1-18-6-8-19(9-7-18)14-15-31-25(33)17-32-22-4-2-3-5-23(22)35-24(26(32)34)16-20-10-12-21(13-11-20)27(28,29)30/h6-13,16,22-23H,2-5,14-15,17H2,1H3,(H,31,33)/b24-16+. The van der Waals surface area contributed by atoms with E-state index in [-0.39, 0.29) is 29.7 Å². The van der Waals surface area contributed by atoms with Crippen molar-refractivity contribution in [2.75, 3.05) is 13.1 Å². The fraction of sp³-hybridized carbons (Fsp3) is 0.407. The second-order valence-corrected chi connectivity index (χ2v) is 10.4. The molecule has 2 fully saturated rings. The molecule has 0 aromatic heterocycles. The molecule has 8 heteroatoms. The number of amides is 2. The summed E-state index contributed by atoms with van der Waals surface area (Å²) in [7, 11) is 0. The van der Waals surface area contributed by atoms with Crippen molar-refractivity contribution >= 4 is 29.7 Å². The molecule has 2 amide bonds. The van der Waals surface area contributed by atoms with Crippen LogP contribution in [0.15, 0.2) is 53.4 Å². The highest BCUT2D eigenvalue weighted by molar-refractivity contribution is 8.04. The summed E-state index contributed by atoms with van der Waals surface area (Å²) >= 11 is 1.49. The van der Waals surface area contributed by atoms with Gasteiger partial charge >= 0.3 is 6.18 Å². The molecule has 2 unspecified atom stereocenters. The van der Waals surface area contributed by atoms with E-state index in [1.54, 1.807) is 11.0 Å². The zero-order valence-corrected chi connectivity index (χ0v) is 20.4. The third-order valence-electron chi connectivity index (χ3n) is 6.52. The Kier molecular flexibility index (Phi) is 7.89. The number of alkyl halides is 3. The lowest BCUT2D eigenvalue weighted by Crippen LogP contribution is -2.54. The molecule has 2 aromatic rings. The minimum Gasteiger partial charge on any atom is -0.354 e. The average Bonchev–Trinajstić information content (AvgIpc) is 2.83. The summed E-state index contributed by atoms with van der Waals surface area (Å²) in [5.74, 6) is -0.428. The van der Waals surface area contributed by atoms with Crippen molar-refractivity contribution in [2.24, 2.45) is 0 Å². The molecule has 1 saturated carbocycles. The van der Waals surface area contributed by atoms with E-state index in [9.17, 15) is 22.8 Å². The van der Waals surface area contributed by atoms with Crippen LogP contribution in [0, 0.1) is 6.92 Å². The SMILES string of the molecule is Cc1ccc(CCNC(=O)CN2C(=O)/C(=C\c3ccc(C(F)(F)F)cc3)SC3CCCCC32)cc1. The van der Waals surface area contributed by atoms with E-state index in [1.165, 1.54) is 29.5 Å². The third kappa shape index (κ3) is 6.48. The van der Waals surface area contributed by atoms with Gasteiger partial charge in [0.1, 0.15) is 6.54 Å². The summed E-state index contributed by atoms with van der Waals surface area (Å²) in [6.07, 6.45) is 1.82. The molecule has 186 valence electrons. The maximum absolute atomic E-state index is 13.4. The van der Waals surface area contributed by atoms with Crippen LogP contribution < -0.4 is 5.32 Å². The Bertz CT molecular complexity index is 1080. The molecule has 0 spiro atoms. The zero-order chi connectivity index (χ0) is 25.0. The van der Waals surface area contributed by atoms with E-state index in [4.69, 9.17) is 0 Å². The molecule has 1 heterocycles. The molecule has 4 nitrogen and oxygen atoms in total. The van der Waals surface area contributed by atoms with Gasteiger partial charge in [0.05, 0.1) is 10.5 Å². The lowest BCUT2D eigenvalue weighted by molar-refractivity contribution is -0.137. The average molecular weight is 503 g/mol. The van der Waals surface area contributed by atoms with Gasteiger partial charge in [0.2, 0.25) is 5.91 Å². The van der Waals surface area contributed by atoms with Gasteiger partial charge < -0.3 is 10.2 Å². The van der Waals surface area contributed by atoms with Gasteiger partial charge in [0.15, 0.2) is 0 Å². The smallest absolute Gasteiger partial charge is 0.354 e. The molecule has 0 bridgehead atoms. The van der Waals surface area contributed by atoms with Crippen LogP contribution in [0.4, 0.5) is 13.2 Å². The van der Waals surface area contributed by atoms with Gasteiger partial charge in [-0.25, -0.2) is 0 Å². The number of aryl methyl sites for hydroxylation is 1. The Morgan fingerprint density at radius 1 is 1.09 bits per heavy atom. The molecule has 2 aromatic carbocycles. The quantitative estimate of drug-likeness (QED) is 0.523. The van der Waals surface area contributed by atoms with Crippen LogP contribution >= 0.6 is 11.8 Å². The van der Waals surface area contributed by atoms with Crippen molar-refractivity contribution in [3.05, 3.63) is 75.7 Å². The van der Waals surface area contributed by atoms with Gasteiger partial charge in [-0.1, -0.05) is 54.8 Å². The van der Waals surface area contributed by atoms with Crippen LogP contribution in [-0.2, 0) is 22.2 Å². The predicted octanol–water partition coefficient (Wildman–Crippen LogP) is 5.60. The zero-order valence-electron chi connectivity index (χ0n) is 19.6. The Hall–Kier alpha value is -2.74. The topological polar surface area (TPSA) is 49.4 Å². The molecule has 1 aliphatic carbocycles. The molecule has 0 radical (unpaired) electrons. The highest BCUT2D eigenvalue weighted by Gasteiger charge is 2.41. The highest BCUT2D eigenvalue weighted by atomic mass is 32.2. The number of hydrogen-bond donors (Lipinski definition) is 1. The van der Waals surface area contributed by atoms with Crippen LogP contribution in [-0.4, -0.2) is 41.1 Å². The summed E-state index contributed by atoms with van der Waals surface area (Å²) in [6.45, 7) is 2.50. The minimum atomic E-state index is -4.40. The van der Waals surface area contributed by atoms with Crippen molar-refractivity contribution in [2.45, 2.75) is 56.5 Å². The van der Waals surface area contributed by atoms with E-state index >= 15 is 0 Å². The number of hydrogen-bond acceptors (Lipinski definition) is 3. The largest absolute Gasteiger partial charge is 0.416 e. The van der Waals surface area contributed by atoms with Crippen LogP contribution in [0.25, 0.3) is 6.08 Å². The summed E-state index contributed by atoms with van der Waals surface area (Å²) in [6, 6.07) is 12.9. The number of nitrogens with one attached hydrogen (secondary N) is 1. The van der Waals surface area contributed by atoms with Gasteiger partial charge in [-0.2, -0.15) is 13.2 Å². The third-order valence-corrected chi connectivity index (χ3v) is 7.92. The lowest BCUT2D eigenvalue weighted by Gasteiger charge is -2.43. The van der Waals surface area contributed by atoms with Crippen LogP contribution in [0.2, 0.25) is 0 Å². The number of nitrogens with zero attached hydrogens (tertiary/aromatic N) is 1. The number of fused-ring (bicyclic) bond motifs is 1. The summed E-state index contributed by atoms with van der Waals surface area (Å²) in [5, 5.41) is 3.11. The minimum absolute atomic E-state index is 0.00569. The molecule has 2 aliphatic rings. The summed E-state index contributed by atoms with van der Waals surface area (Å²) in [4.78, 5) is 28.2. The molecule has 1 N–H and O–H groups in total. The first kappa shape index (κ1) is 25.4. The molecular weight excluding hydrogens is 473 g/mol. The van der Waals surface area contributed by atoms with Crippen molar-refractivity contribution in [1.29, 1.82) is 0 Å². The number of thioether (sulfide) groups is 1. The number of benzene rings is 2. The molecule has 35 heavy (non-hydrogen) atoms. The highest BCUT2D eigenvalue weighted by Crippen LogP contribution is 2.42. The summed E-state index contributed by atoms with van der Waals surface area (Å²) < 4.78 is 38.6. The second kappa shape index (κ2) is 10.9. The van der Waals surface area contributed by atoms with Crippen LogP contribution in [0.1, 0.15) is 47.9 Å². The number of rotatable bonds is 6. The first-order valence-corrected chi connectivity index (χ1v) is 12.8. The number of carbonyl (C=O) groups is 2. The second-order valence-electron chi connectivity index (χ2n) is 9.16. The van der Waals surface area contributed by atoms with E-state index in [0.29, 0.717) is 23.4 Å². The lowest BCUT2D eigenvalue weighted by atomic mass is 9.93. The van der Waals surface area contributed by atoms with Crippen LogP contribution in [0.5, 0.6) is 0 Å². The molecule has 1 aliphatic heterocycles. The van der Waals surface area contributed by atoms with E-state index < -0.39 is 11.7 Å². The van der Waals surface area contributed by atoms with Gasteiger partial charge in [-0.3, -0.25) is 9.59 Å². The van der Waals surface area contributed by atoms with Gasteiger partial charge in [-0.15, -0.1) is 11.8 Å². The van der Waals surface area contributed by atoms with E-state index in [1.807, 2.05) is 31.2 Å². The Morgan fingerprint density at radius 3 is 2.46 bits per heavy atom. The van der Waals surface area contributed by atoms with Gasteiger partial charge in [-0.05, 0) is 55.5 Å². The molecule has 2 atom stereocenters.